The summed E-state index contributed by atoms with van der Waals surface area (Å²) in [6.07, 6.45) is 0. The largest absolute Gasteiger partial charge is 0.192 e. The van der Waals surface area contributed by atoms with Crippen molar-refractivity contribution >= 4 is 102 Å². The van der Waals surface area contributed by atoms with Gasteiger partial charge in [0.25, 0.3) is 0 Å². The van der Waals surface area contributed by atoms with E-state index in [1.807, 2.05) is 0 Å². The summed E-state index contributed by atoms with van der Waals surface area (Å²) >= 11 is 10.2. The van der Waals surface area contributed by atoms with Crippen LogP contribution in [0.4, 0.5) is 0 Å². The third-order valence-corrected chi connectivity index (χ3v) is 22.2. The molecule has 9 aromatic rings. The van der Waals surface area contributed by atoms with Gasteiger partial charge in [-0.3, -0.25) is 0 Å². The molecule has 0 aliphatic carbocycles. The fourth-order valence-electron chi connectivity index (χ4n) is 7.71. The first kappa shape index (κ1) is 53.0. The van der Waals surface area contributed by atoms with Crippen LogP contribution in [0, 0.1) is 207 Å². The molecule has 360 valence electrons. The number of nitriles is 12. The highest BCUT2D eigenvalue weighted by molar-refractivity contribution is 7.28. The highest BCUT2D eigenvalue weighted by atomic mass is 32.1. The smallest absolute Gasteiger partial charge is 0.103 e. The zero-order valence-corrected chi connectivity index (χ0v) is 46.9. The van der Waals surface area contributed by atoms with Gasteiger partial charge in [0, 0.05) is 29.3 Å². The van der Waals surface area contributed by atoms with Gasteiger partial charge in [0.1, 0.15) is 72.8 Å². The summed E-state index contributed by atoms with van der Waals surface area (Å²) in [6.45, 7) is 0. The summed E-state index contributed by atoms with van der Waals surface area (Å²) in [4.78, 5) is 7.52. The zero-order valence-electron chi connectivity index (χ0n) is 39.5. The first-order chi connectivity index (χ1) is 39.6. The number of fused-ring (bicyclic) bond motifs is 24. The lowest BCUT2D eigenvalue weighted by atomic mass is 10.1. The van der Waals surface area contributed by atoms with Crippen molar-refractivity contribution in [1.29, 1.82) is 63.1 Å². The Balaban J connectivity index is 1.12. The molecule has 0 radical (unpaired) electrons. The Hall–Kier alpha value is -11.5. The van der Waals surface area contributed by atoms with Gasteiger partial charge >= 0.3 is 0 Å². The Bertz CT molecular complexity index is 4490. The number of rotatable bonds is 0. The van der Waals surface area contributed by atoms with Crippen LogP contribution in [0.2, 0.25) is 0 Å². The molecule has 81 heavy (non-hydrogen) atoms. The molecule has 21 heteroatoms. The Morgan fingerprint density at radius 3 is 0.457 bits per heavy atom. The molecule has 1 aliphatic heterocycles. The van der Waals surface area contributed by atoms with Gasteiger partial charge in [-0.05, 0) is 107 Å². The molecule has 0 fully saturated rings. The lowest BCUT2D eigenvalue weighted by Gasteiger charge is -1.94. The first-order valence-electron chi connectivity index (χ1n) is 21.8. The van der Waals surface area contributed by atoms with E-state index in [0.29, 0.717) is 58.5 Å². The van der Waals surface area contributed by atoms with Crippen molar-refractivity contribution in [3.63, 3.8) is 0 Å². The van der Waals surface area contributed by atoms with E-state index in [1.165, 1.54) is 34.0 Å². The molecule has 12 nitrogen and oxygen atoms in total. The lowest BCUT2D eigenvalue weighted by molar-refractivity contribution is 1.46. The topological polar surface area (TPSA) is 285 Å². The molecule has 18 bridgehead atoms. The summed E-state index contributed by atoms with van der Waals surface area (Å²) in [7, 11) is 0. The van der Waals surface area contributed by atoms with Crippen molar-refractivity contribution in [2.75, 3.05) is 0 Å². The number of thiophene rings is 9. The standard InChI is InChI=1S/C60H6N12S9/c61-19-31-37(25-67)55-49-13-14-51(73-49)57-39(27-69)33(21-63)45(78-57)9-3-4-11-47-35(23-65)41(29-71)59(80-47)53-17-18-54(75-53)60-42(30-72)36(24-66)48(81-60)12-6-5-10-46-34(22-64)40(28-70)58(79-46)52-16-15-50(74-52)56-38(26-68)32(20-62)44(77-56)8-2-1-7-43(31)76-55/h13-18H. The van der Waals surface area contributed by atoms with Crippen LogP contribution in [0.25, 0.3) is 58.5 Å². The first-order valence-corrected chi connectivity index (χ1v) is 29.2. The highest BCUT2D eigenvalue weighted by Gasteiger charge is 2.27. The molecule has 0 saturated heterocycles. The molecule has 0 saturated carbocycles. The average Bonchev–Trinajstić information content (AvgIpc) is 4.47. The number of hydrogen-bond donors (Lipinski definition) is 0. The van der Waals surface area contributed by atoms with E-state index in [-0.39, 0.29) is 96.0 Å². The lowest BCUT2D eigenvalue weighted by Crippen LogP contribution is -1.81. The minimum Gasteiger partial charge on any atom is -0.192 e. The fraction of sp³-hybridized carbons (Fsp3) is 0. The minimum absolute atomic E-state index is 0.0227. The highest BCUT2D eigenvalue weighted by Crippen LogP contribution is 2.48. The molecule has 10 heterocycles. The van der Waals surface area contributed by atoms with Crippen LogP contribution in [-0.2, 0) is 0 Å². The van der Waals surface area contributed by atoms with Crippen molar-refractivity contribution in [2.45, 2.75) is 0 Å². The van der Waals surface area contributed by atoms with E-state index in [2.05, 4.69) is 144 Å². The van der Waals surface area contributed by atoms with Gasteiger partial charge in [-0.2, -0.15) is 63.1 Å². The second-order valence-electron chi connectivity index (χ2n) is 15.4. The third-order valence-electron chi connectivity index (χ3n) is 11.2. The van der Waals surface area contributed by atoms with Crippen LogP contribution >= 0.6 is 102 Å². The molecular weight excluding hydrogens is 1180 g/mol. The van der Waals surface area contributed by atoms with Crippen molar-refractivity contribution < 1.29 is 0 Å². The molecule has 0 spiro atoms. The Kier molecular flexibility index (Phi) is 14.8. The van der Waals surface area contributed by atoms with Crippen molar-refractivity contribution in [2.24, 2.45) is 0 Å². The number of hydrogen-bond acceptors (Lipinski definition) is 21. The van der Waals surface area contributed by atoms with Gasteiger partial charge in [0.05, 0.1) is 125 Å². The second kappa shape index (κ2) is 22.6. The molecule has 0 unspecified atom stereocenters. The molecular formula is C60H6N12S9. The normalized spacial score (nSPS) is 10.1. The van der Waals surface area contributed by atoms with Crippen LogP contribution in [0.1, 0.15) is 96.0 Å². The minimum atomic E-state index is 0.0227. The van der Waals surface area contributed by atoms with Crippen molar-refractivity contribution in [1.82, 2.24) is 0 Å². The maximum atomic E-state index is 10.3. The van der Waals surface area contributed by atoms with Crippen molar-refractivity contribution in [3.05, 3.63) is 132 Å². The third kappa shape index (κ3) is 9.31. The summed E-state index contributed by atoms with van der Waals surface area (Å²) < 4.78 is 0. The summed E-state index contributed by atoms with van der Waals surface area (Å²) in [6, 6.07) is 35.5. The molecule has 1 aliphatic rings. The molecule has 0 aromatic carbocycles. The van der Waals surface area contributed by atoms with E-state index < -0.39 is 0 Å². The Morgan fingerprint density at radius 1 is 0.198 bits per heavy atom. The molecule has 0 atom stereocenters. The van der Waals surface area contributed by atoms with Gasteiger partial charge in [0.2, 0.25) is 0 Å². The molecule has 0 amide bonds. The van der Waals surface area contributed by atoms with Gasteiger partial charge in [-0.25, -0.2) is 0 Å². The van der Waals surface area contributed by atoms with Gasteiger partial charge < -0.3 is 0 Å². The summed E-state index contributed by atoms with van der Waals surface area (Å²) in [5.74, 6) is 33.6. The Morgan fingerprint density at radius 2 is 0.333 bits per heavy atom. The van der Waals surface area contributed by atoms with Gasteiger partial charge in [-0.15, -0.1) is 102 Å². The van der Waals surface area contributed by atoms with Crippen LogP contribution < -0.4 is 0 Å². The van der Waals surface area contributed by atoms with E-state index >= 15 is 0 Å². The monoisotopic (exact) mass is 1180 g/mol. The fourth-order valence-corrected chi connectivity index (χ4v) is 17.8. The zero-order chi connectivity index (χ0) is 56.9. The molecule has 10 rings (SSSR count). The second-order valence-corrected chi connectivity index (χ2v) is 24.8. The van der Waals surface area contributed by atoms with E-state index in [0.717, 1.165) is 68.0 Å². The van der Waals surface area contributed by atoms with Gasteiger partial charge in [0.15, 0.2) is 0 Å². The summed E-state index contributed by atoms with van der Waals surface area (Å²) in [5.41, 5.74) is 0.571. The van der Waals surface area contributed by atoms with Crippen LogP contribution in [0.3, 0.4) is 0 Å². The van der Waals surface area contributed by atoms with E-state index in [9.17, 15) is 63.1 Å². The predicted octanol–water partition coefficient (Wildman–Crippen LogP) is 13.2. The van der Waals surface area contributed by atoms with Crippen LogP contribution in [0.15, 0.2) is 36.4 Å². The van der Waals surface area contributed by atoms with Gasteiger partial charge in [-0.1, -0.05) is 0 Å². The molecule has 0 N–H and O–H groups in total. The van der Waals surface area contributed by atoms with Crippen molar-refractivity contribution in [3.8, 4) is 202 Å². The maximum absolute atomic E-state index is 10.3. The summed E-state index contributed by atoms with van der Waals surface area (Å²) in [5, 5.41) is 123. The molecule has 9 aromatic heterocycles. The Labute approximate surface area is 495 Å². The predicted molar refractivity (Wildman–Crippen MR) is 311 cm³/mol. The van der Waals surface area contributed by atoms with Crippen LogP contribution in [-0.4, -0.2) is 0 Å². The maximum Gasteiger partial charge on any atom is 0.103 e. The average molecular weight is 1180 g/mol. The SMILES string of the molecule is N#Cc1c2sc(c1C#N)-c1ccc(s1)-c1sc(c(C#N)c1C#N)C#CC#Cc1sc(c(C#N)c1C#N)-c1ccc(s1)-c1sc(c(C#N)c1C#N)C#CC#Cc1sc(c(C#N)c1C#N)-c1ccc(s1)-c1sc(c(C#N)c1C#N)C#CC#C2. The van der Waals surface area contributed by atoms with Crippen LogP contribution in [0.5, 0.6) is 0 Å². The van der Waals surface area contributed by atoms with E-state index in [1.54, 1.807) is 36.4 Å². The quantitative estimate of drug-likeness (QED) is 0.128. The number of nitrogens with zero attached hydrogens (tertiary/aromatic N) is 12. The van der Waals surface area contributed by atoms with E-state index in [4.69, 9.17) is 0 Å².